The van der Waals surface area contributed by atoms with Crippen molar-refractivity contribution in [3.05, 3.63) is 65.9 Å². The maximum atomic E-state index is 13.5. The van der Waals surface area contributed by atoms with E-state index >= 15 is 0 Å². The molecule has 0 saturated heterocycles. The van der Waals surface area contributed by atoms with Crippen molar-refractivity contribution < 1.29 is 32.0 Å². The van der Waals surface area contributed by atoms with E-state index in [1.165, 1.54) is 12.3 Å². The summed E-state index contributed by atoms with van der Waals surface area (Å²) in [5, 5.41) is 13.3. The zero-order valence-electron chi connectivity index (χ0n) is 25.6. The highest BCUT2D eigenvalue weighted by atomic mass is 32.2. The number of anilines is 1. The van der Waals surface area contributed by atoms with Crippen LogP contribution in [-0.2, 0) is 25.7 Å². The van der Waals surface area contributed by atoms with Gasteiger partial charge in [-0.3, -0.25) is 0 Å². The first-order valence-corrected chi connectivity index (χ1v) is 15.7. The number of benzene rings is 2. The minimum absolute atomic E-state index is 0.0234. The van der Waals surface area contributed by atoms with Crippen LogP contribution in [0.2, 0.25) is 0 Å². The first-order valence-electron chi connectivity index (χ1n) is 14.0. The summed E-state index contributed by atoms with van der Waals surface area (Å²) in [4.78, 5) is 37.2. The van der Waals surface area contributed by atoms with Crippen LogP contribution < -0.4 is 4.90 Å². The van der Waals surface area contributed by atoms with E-state index in [2.05, 4.69) is 16.2 Å². The molecule has 0 saturated carbocycles. The molecular formula is C32H31N5O7S. The number of ether oxygens (including phenoxy) is 2. The van der Waals surface area contributed by atoms with E-state index in [1.807, 2.05) is 0 Å². The predicted molar refractivity (Wildman–Crippen MR) is 164 cm³/mol. The second-order valence-corrected chi connectivity index (χ2v) is 14.5. The Bertz CT molecular complexity index is 1920. The summed E-state index contributed by atoms with van der Waals surface area (Å²) in [5.41, 5.74) is 1.11. The molecule has 3 heterocycles. The fourth-order valence-corrected chi connectivity index (χ4v) is 6.09. The average Bonchev–Trinajstić information content (AvgIpc) is 3.56. The van der Waals surface area contributed by atoms with Crippen LogP contribution in [0.15, 0.2) is 64.1 Å². The minimum Gasteiger partial charge on any atom is -0.443 e. The molecule has 0 unspecified atom stereocenters. The Balaban J connectivity index is 1.67. The van der Waals surface area contributed by atoms with Gasteiger partial charge in [0.15, 0.2) is 27.1 Å². The highest BCUT2D eigenvalue weighted by Gasteiger charge is 2.37. The number of nitrogens with zero attached hydrogens (tertiary/aromatic N) is 5. The van der Waals surface area contributed by atoms with Crippen molar-refractivity contribution in [2.45, 2.75) is 64.1 Å². The molecule has 0 atom stereocenters. The van der Waals surface area contributed by atoms with Gasteiger partial charge in [0.25, 0.3) is 0 Å². The lowest BCUT2D eigenvalue weighted by molar-refractivity contribution is 0.0429. The zero-order valence-corrected chi connectivity index (χ0v) is 26.4. The summed E-state index contributed by atoms with van der Waals surface area (Å²) < 4.78 is 41.5. The van der Waals surface area contributed by atoms with E-state index < -0.39 is 33.2 Å². The zero-order chi connectivity index (χ0) is 32.7. The molecule has 0 aliphatic carbocycles. The average molecular weight is 630 g/mol. The number of carbonyl (C=O) groups is 2. The van der Waals surface area contributed by atoms with E-state index in [9.17, 15) is 18.0 Å². The van der Waals surface area contributed by atoms with Crippen molar-refractivity contribution in [2.75, 3.05) is 10.7 Å². The van der Waals surface area contributed by atoms with E-state index in [-0.39, 0.29) is 27.9 Å². The smallest absolute Gasteiger partial charge is 0.425 e. The molecule has 0 fully saturated rings. The van der Waals surface area contributed by atoms with Crippen LogP contribution >= 0.6 is 0 Å². The number of amides is 2. The molecule has 0 radical (unpaired) electrons. The van der Waals surface area contributed by atoms with Gasteiger partial charge in [0.05, 0.1) is 34.2 Å². The van der Waals surface area contributed by atoms with Crippen LogP contribution in [0.1, 0.15) is 52.7 Å². The normalized spacial score (nSPS) is 13.9. The summed E-state index contributed by atoms with van der Waals surface area (Å²) in [7, 11) is -3.34. The van der Waals surface area contributed by atoms with Gasteiger partial charge in [0, 0.05) is 17.2 Å². The largest absolute Gasteiger partial charge is 0.443 e. The van der Waals surface area contributed by atoms with Gasteiger partial charge in [0.2, 0.25) is 0 Å². The lowest BCUT2D eigenvalue weighted by atomic mass is 10.1. The van der Waals surface area contributed by atoms with Crippen molar-refractivity contribution in [3.8, 4) is 40.0 Å². The van der Waals surface area contributed by atoms with E-state index in [0.29, 0.717) is 45.0 Å². The second kappa shape index (κ2) is 11.4. The Morgan fingerprint density at radius 2 is 1.53 bits per heavy atom. The van der Waals surface area contributed by atoms with Crippen molar-refractivity contribution in [1.29, 1.82) is 5.26 Å². The molecule has 1 aliphatic rings. The van der Waals surface area contributed by atoms with Crippen LogP contribution in [0.3, 0.4) is 0 Å². The quantitative estimate of drug-likeness (QED) is 0.247. The summed E-state index contributed by atoms with van der Waals surface area (Å²) in [5.74, 6) is -0.133. The number of imide groups is 1. The summed E-state index contributed by atoms with van der Waals surface area (Å²) in [6, 6.07) is 15.2. The van der Waals surface area contributed by atoms with Crippen molar-refractivity contribution in [2.24, 2.45) is 0 Å². The molecule has 0 N–H and O–H groups in total. The Morgan fingerprint density at radius 3 is 2.13 bits per heavy atom. The molecule has 2 aromatic heterocycles. The predicted octanol–water partition coefficient (Wildman–Crippen LogP) is 6.34. The van der Waals surface area contributed by atoms with Crippen LogP contribution in [0, 0.1) is 11.3 Å². The molecule has 2 amide bonds. The van der Waals surface area contributed by atoms with Gasteiger partial charge in [-0.1, -0.05) is 23.4 Å². The highest BCUT2D eigenvalue weighted by molar-refractivity contribution is 7.91. The summed E-state index contributed by atoms with van der Waals surface area (Å²) in [6.07, 6.45) is -0.363. The van der Waals surface area contributed by atoms with E-state index in [0.717, 1.165) is 0 Å². The second-order valence-electron chi connectivity index (χ2n) is 12.4. The number of fused-ring (bicyclic) bond motifs is 1. The lowest BCUT2D eigenvalue weighted by Crippen LogP contribution is -2.44. The molecule has 45 heavy (non-hydrogen) atoms. The number of carbonyl (C=O) groups excluding carboxylic acids is 2. The Labute approximate surface area is 260 Å². The monoisotopic (exact) mass is 629 g/mol. The Morgan fingerprint density at radius 1 is 0.911 bits per heavy atom. The molecule has 12 nitrogen and oxygen atoms in total. The van der Waals surface area contributed by atoms with Gasteiger partial charge in [-0.15, -0.1) is 0 Å². The van der Waals surface area contributed by atoms with Crippen LogP contribution in [0.5, 0.6) is 0 Å². The molecular weight excluding hydrogens is 598 g/mol. The molecule has 0 spiro atoms. The molecule has 0 bridgehead atoms. The van der Waals surface area contributed by atoms with Crippen LogP contribution in [-0.4, -0.2) is 52.7 Å². The number of aromatic nitrogens is 3. The van der Waals surface area contributed by atoms with Gasteiger partial charge >= 0.3 is 12.2 Å². The summed E-state index contributed by atoms with van der Waals surface area (Å²) >= 11 is 0. The molecule has 1 aliphatic heterocycles. The maximum Gasteiger partial charge on any atom is 0.425 e. The van der Waals surface area contributed by atoms with Crippen LogP contribution in [0.25, 0.3) is 34.0 Å². The third-order valence-corrected chi connectivity index (χ3v) is 8.31. The van der Waals surface area contributed by atoms with Gasteiger partial charge in [0.1, 0.15) is 16.9 Å². The standard InChI is InChI=1S/C32H31N5O7S/c1-31(2,3)42-29(38)37(30(39)43-32(4,5)6)28-27(25-16-23(36-44-25)20-9-7-19(17-33)8-10-20)35-24(18-34-28)21-11-12-26-22(15-21)13-14-45(26,40)41/h7-12,15-16,18H,13-14H2,1-6H3. The van der Waals surface area contributed by atoms with Crippen molar-refractivity contribution in [1.82, 2.24) is 15.1 Å². The molecule has 5 rings (SSSR count). The lowest BCUT2D eigenvalue weighted by Gasteiger charge is -2.28. The Hall–Kier alpha value is -5.09. The highest BCUT2D eigenvalue weighted by Crippen LogP contribution is 2.36. The van der Waals surface area contributed by atoms with Crippen LogP contribution in [0.4, 0.5) is 15.4 Å². The first-order chi connectivity index (χ1) is 21.0. The van der Waals surface area contributed by atoms with Gasteiger partial charge in [-0.25, -0.2) is 28.0 Å². The molecule has 13 heteroatoms. The van der Waals surface area contributed by atoms with E-state index in [4.69, 9.17) is 24.2 Å². The number of hydrogen-bond acceptors (Lipinski definition) is 11. The third kappa shape index (κ3) is 6.86. The van der Waals surface area contributed by atoms with Crippen molar-refractivity contribution >= 4 is 27.8 Å². The number of nitriles is 1. The number of rotatable bonds is 4. The molecule has 4 aromatic rings. The number of hydrogen-bond donors (Lipinski definition) is 0. The molecule has 232 valence electrons. The Kier molecular flexibility index (Phi) is 7.97. The number of sulfone groups is 1. The first kappa shape index (κ1) is 31.3. The summed E-state index contributed by atoms with van der Waals surface area (Å²) in [6.45, 7) is 9.93. The van der Waals surface area contributed by atoms with Crippen molar-refractivity contribution in [3.63, 3.8) is 0 Å². The van der Waals surface area contributed by atoms with Gasteiger partial charge in [-0.05, 0) is 77.8 Å². The van der Waals surface area contributed by atoms with Gasteiger partial charge in [-0.2, -0.15) is 10.2 Å². The topological polar surface area (TPSA) is 166 Å². The fourth-order valence-electron chi connectivity index (χ4n) is 4.54. The number of aryl methyl sites for hydroxylation is 1. The SMILES string of the molecule is CC(C)(C)OC(=O)N(C(=O)OC(C)(C)C)c1ncc(-c2ccc3c(c2)CCS3(=O)=O)nc1-c1cc(-c2ccc(C#N)cc2)no1. The van der Waals surface area contributed by atoms with Gasteiger partial charge < -0.3 is 14.0 Å². The maximum absolute atomic E-state index is 13.5. The minimum atomic E-state index is -3.34. The molecule has 2 aromatic carbocycles. The third-order valence-electron chi connectivity index (χ3n) is 6.50. The fraction of sp³-hybridized carbons (Fsp3) is 0.312. The van der Waals surface area contributed by atoms with E-state index in [1.54, 1.807) is 84.0 Å².